The lowest BCUT2D eigenvalue weighted by molar-refractivity contribution is 0.0580. The van der Waals surface area contributed by atoms with Gasteiger partial charge in [-0.25, -0.2) is 4.99 Å². The molecule has 1 aromatic rings. The number of fused-ring (bicyclic) bond motifs is 3. The molecule has 72 valence electrons. The van der Waals surface area contributed by atoms with Crippen LogP contribution in [-0.2, 0) is 12.1 Å². The second-order valence-electron chi connectivity index (χ2n) is 3.82. The molecule has 2 atom stereocenters. The molecule has 1 N–H and O–H groups in total. The molecule has 0 aromatic heterocycles. The maximum atomic E-state index is 10.4. The van der Waals surface area contributed by atoms with Gasteiger partial charge in [0.2, 0.25) is 0 Å². The summed E-state index contributed by atoms with van der Waals surface area (Å²) in [5, 5.41) is 11.6. The van der Waals surface area contributed by atoms with E-state index in [9.17, 15) is 5.11 Å². The second-order valence-corrected chi connectivity index (χ2v) is 5.22. The van der Waals surface area contributed by atoms with Crippen molar-refractivity contribution >= 4 is 16.8 Å². The Morgan fingerprint density at radius 2 is 2.29 bits per heavy atom. The highest BCUT2D eigenvalue weighted by Crippen LogP contribution is 2.48. The summed E-state index contributed by atoms with van der Waals surface area (Å²) in [4.78, 5) is 4.36. The number of rotatable bonds is 0. The van der Waals surface area contributed by atoms with Crippen molar-refractivity contribution in [2.45, 2.75) is 24.3 Å². The molecule has 0 saturated carbocycles. The average Bonchev–Trinajstić information content (AvgIpc) is 2.55. The predicted molar refractivity (Wildman–Crippen MR) is 58.5 cm³/mol. The van der Waals surface area contributed by atoms with Gasteiger partial charge < -0.3 is 5.11 Å². The lowest BCUT2D eigenvalue weighted by atomic mass is 10.1. The average molecular weight is 205 g/mol. The topological polar surface area (TPSA) is 32.6 Å². The maximum absolute atomic E-state index is 10.4. The minimum Gasteiger partial charge on any atom is -0.365 e. The first-order chi connectivity index (χ1) is 6.70. The Morgan fingerprint density at radius 1 is 1.50 bits per heavy atom. The Morgan fingerprint density at radius 3 is 3.14 bits per heavy atom. The molecule has 3 rings (SSSR count). The molecule has 0 spiro atoms. The monoisotopic (exact) mass is 205 g/mol. The molecule has 1 aliphatic heterocycles. The number of hydrogen-bond acceptors (Lipinski definition) is 3. The maximum Gasteiger partial charge on any atom is 0.196 e. The van der Waals surface area contributed by atoms with Crippen molar-refractivity contribution in [3.8, 4) is 0 Å². The van der Waals surface area contributed by atoms with Crippen molar-refractivity contribution in [1.29, 1.82) is 0 Å². The standard InChI is InChI=1S/C11H11NOS/c1-7-12-11(13)9-5-3-2-4-8(9)6-10(11)14-7/h2-5,10,13H,6H2,1H3. The molecule has 0 radical (unpaired) electrons. The first-order valence-electron chi connectivity index (χ1n) is 4.74. The highest BCUT2D eigenvalue weighted by Gasteiger charge is 2.49. The Hall–Kier alpha value is -0.800. The zero-order valence-corrected chi connectivity index (χ0v) is 8.71. The fourth-order valence-corrected chi connectivity index (χ4v) is 3.51. The largest absolute Gasteiger partial charge is 0.365 e. The molecule has 3 heteroatoms. The molecule has 1 heterocycles. The SMILES string of the molecule is CC1=NC2(O)c3ccccc3CC2S1. The van der Waals surface area contributed by atoms with Gasteiger partial charge in [-0.15, -0.1) is 11.8 Å². The Kier molecular flexibility index (Phi) is 1.59. The molecule has 1 aromatic carbocycles. The lowest BCUT2D eigenvalue weighted by Gasteiger charge is -2.19. The van der Waals surface area contributed by atoms with E-state index in [4.69, 9.17) is 0 Å². The summed E-state index contributed by atoms with van der Waals surface area (Å²) in [6.07, 6.45) is 0.929. The van der Waals surface area contributed by atoms with E-state index in [1.54, 1.807) is 11.8 Å². The van der Waals surface area contributed by atoms with Crippen LogP contribution in [0.25, 0.3) is 0 Å². The van der Waals surface area contributed by atoms with E-state index in [0.717, 1.165) is 17.0 Å². The number of aliphatic hydroxyl groups is 1. The smallest absolute Gasteiger partial charge is 0.196 e. The van der Waals surface area contributed by atoms with Crippen molar-refractivity contribution in [3.05, 3.63) is 35.4 Å². The molecule has 2 aliphatic rings. The quantitative estimate of drug-likeness (QED) is 0.702. The van der Waals surface area contributed by atoms with E-state index in [-0.39, 0.29) is 5.25 Å². The van der Waals surface area contributed by atoms with Gasteiger partial charge in [0.25, 0.3) is 0 Å². The molecule has 14 heavy (non-hydrogen) atoms. The number of nitrogens with zero attached hydrogens (tertiary/aromatic N) is 1. The van der Waals surface area contributed by atoms with Crippen LogP contribution >= 0.6 is 11.8 Å². The van der Waals surface area contributed by atoms with Gasteiger partial charge >= 0.3 is 0 Å². The minimum absolute atomic E-state index is 0.194. The van der Waals surface area contributed by atoms with Gasteiger partial charge in [0, 0.05) is 5.56 Å². The van der Waals surface area contributed by atoms with E-state index in [0.29, 0.717) is 0 Å². The minimum atomic E-state index is -0.939. The van der Waals surface area contributed by atoms with Crippen LogP contribution in [0.1, 0.15) is 18.1 Å². The van der Waals surface area contributed by atoms with Gasteiger partial charge in [0.05, 0.1) is 10.3 Å². The number of thioether (sulfide) groups is 1. The molecule has 0 saturated heterocycles. The normalized spacial score (nSPS) is 33.9. The van der Waals surface area contributed by atoms with Crippen molar-refractivity contribution in [2.24, 2.45) is 4.99 Å². The van der Waals surface area contributed by atoms with E-state index in [2.05, 4.69) is 11.1 Å². The van der Waals surface area contributed by atoms with Crippen LogP contribution in [-0.4, -0.2) is 15.4 Å². The first-order valence-corrected chi connectivity index (χ1v) is 5.62. The molecular weight excluding hydrogens is 194 g/mol. The van der Waals surface area contributed by atoms with Crippen LogP contribution < -0.4 is 0 Å². The molecule has 2 unspecified atom stereocenters. The van der Waals surface area contributed by atoms with Crippen LogP contribution in [0.2, 0.25) is 0 Å². The van der Waals surface area contributed by atoms with Gasteiger partial charge in [-0.1, -0.05) is 24.3 Å². The fraction of sp³-hybridized carbons (Fsp3) is 0.364. The second kappa shape index (κ2) is 2.61. The third kappa shape index (κ3) is 0.940. The number of hydrogen-bond donors (Lipinski definition) is 1. The summed E-state index contributed by atoms with van der Waals surface area (Å²) >= 11 is 1.69. The summed E-state index contributed by atoms with van der Waals surface area (Å²) < 4.78 is 0. The predicted octanol–water partition coefficient (Wildman–Crippen LogP) is 1.92. The fourth-order valence-electron chi connectivity index (χ4n) is 2.30. The number of benzene rings is 1. The van der Waals surface area contributed by atoms with Gasteiger partial charge in [-0.3, -0.25) is 0 Å². The Labute approximate surface area is 87.1 Å². The van der Waals surface area contributed by atoms with Crippen molar-refractivity contribution in [3.63, 3.8) is 0 Å². The zero-order chi connectivity index (χ0) is 9.76. The highest BCUT2D eigenvalue weighted by molar-refractivity contribution is 8.14. The summed E-state index contributed by atoms with van der Waals surface area (Å²) in [6.45, 7) is 1.96. The van der Waals surface area contributed by atoms with Gasteiger partial charge in [-0.05, 0) is 18.9 Å². The Balaban J connectivity index is 2.19. The first kappa shape index (κ1) is 8.50. The Bertz CT molecular complexity index is 429. The van der Waals surface area contributed by atoms with Crippen molar-refractivity contribution in [2.75, 3.05) is 0 Å². The van der Waals surface area contributed by atoms with Crippen LogP contribution in [0, 0.1) is 0 Å². The highest BCUT2D eigenvalue weighted by atomic mass is 32.2. The van der Waals surface area contributed by atoms with E-state index >= 15 is 0 Å². The van der Waals surface area contributed by atoms with Crippen LogP contribution in [0.3, 0.4) is 0 Å². The summed E-state index contributed by atoms with van der Waals surface area (Å²) in [6, 6.07) is 8.05. The number of aliphatic imine (C=N–C) groups is 1. The third-order valence-corrected chi connectivity index (χ3v) is 4.12. The summed E-state index contributed by atoms with van der Waals surface area (Å²) in [7, 11) is 0. The summed E-state index contributed by atoms with van der Waals surface area (Å²) in [5.41, 5.74) is 1.30. The van der Waals surface area contributed by atoms with Gasteiger partial charge in [0.15, 0.2) is 5.72 Å². The van der Waals surface area contributed by atoms with Crippen LogP contribution in [0.15, 0.2) is 29.3 Å². The molecule has 1 aliphatic carbocycles. The van der Waals surface area contributed by atoms with Crippen LogP contribution in [0.4, 0.5) is 0 Å². The summed E-state index contributed by atoms with van der Waals surface area (Å²) in [5.74, 6) is 0. The van der Waals surface area contributed by atoms with E-state index in [1.165, 1.54) is 5.56 Å². The molecule has 0 amide bonds. The third-order valence-electron chi connectivity index (χ3n) is 2.91. The van der Waals surface area contributed by atoms with Crippen molar-refractivity contribution < 1.29 is 5.11 Å². The van der Waals surface area contributed by atoms with Gasteiger partial charge in [-0.2, -0.15) is 0 Å². The van der Waals surface area contributed by atoms with Crippen molar-refractivity contribution in [1.82, 2.24) is 0 Å². The van der Waals surface area contributed by atoms with E-state index in [1.807, 2.05) is 25.1 Å². The molecule has 0 bridgehead atoms. The lowest BCUT2D eigenvalue weighted by Crippen LogP contribution is -2.27. The molecule has 0 fully saturated rings. The van der Waals surface area contributed by atoms with Gasteiger partial charge in [0.1, 0.15) is 0 Å². The molecule has 2 nitrogen and oxygen atoms in total. The van der Waals surface area contributed by atoms with Crippen LogP contribution in [0.5, 0.6) is 0 Å². The van der Waals surface area contributed by atoms with E-state index < -0.39 is 5.72 Å². The molecular formula is C11H11NOS. The zero-order valence-electron chi connectivity index (χ0n) is 7.90.